The number of aromatic amines is 1. The fraction of sp³-hybridized carbons (Fsp3) is 0.316. The normalized spacial score (nSPS) is 16.8. The van der Waals surface area contributed by atoms with Crippen molar-refractivity contribution < 1.29 is 22.7 Å². The number of hydrogen-bond donors (Lipinski definition) is 4. The summed E-state index contributed by atoms with van der Waals surface area (Å²) in [4.78, 5) is 15.6. The summed E-state index contributed by atoms with van der Waals surface area (Å²) < 4.78 is 45.1. The molecule has 3 heterocycles. The number of hydrogen-bond acceptors (Lipinski definition) is 4. The second-order valence-electron chi connectivity index (χ2n) is 7.14. The van der Waals surface area contributed by atoms with Crippen LogP contribution in [0.1, 0.15) is 36.0 Å². The van der Waals surface area contributed by atoms with E-state index in [1.807, 2.05) is 5.43 Å². The second-order valence-corrected chi connectivity index (χ2v) is 7.93. The number of carbonyl (C=O) groups is 1. The quantitative estimate of drug-likeness (QED) is 0.241. The number of H-pyrrole nitrogens is 1. The van der Waals surface area contributed by atoms with E-state index in [9.17, 15) is 18.0 Å². The molecule has 1 fully saturated rings. The SMILES string of the molecule is N=C(NNC(=O)c1[nH]c2c(Cl)c(Cl)ccc2c1-c1cnn(C2CCCCO2)c1)C(F)(F)F. The van der Waals surface area contributed by atoms with E-state index in [1.165, 1.54) is 6.20 Å². The maximum atomic E-state index is 12.7. The van der Waals surface area contributed by atoms with Crippen LogP contribution in [-0.4, -0.2) is 39.3 Å². The van der Waals surface area contributed by atoms with Gasteiger partial charge in [0.05, 0.1) is 21.8 Å². The molecule has 2 aromatic heterocycles. The standard InChI is InChI=1S/C19H17Cl2F3N6O2/c20-11-5-4-10-13(9-7-26-30(8-9)12-3-1-2-6-32-12)16(27-15(10)14(11)21)17(31)28-29-18(25)19(22,23)24/h4-5,7-8,12,27H,1-3,6H2,(H2,25,29)(H,28,31). The molecule has 0 radical (unpaired) electrons. The van der Waals surface area contributed by atoms with Crippen LogP contribution in [-0.2, 0) is 4.74 Å². The lowest BCUT2D eigenvalue weighted by Gasteiger charge is -2.22. The molecule has 170 valence electrons. The molecule has 4 N–H and O–H groups in total. The third-order valence-electron chi connectivity index (χ3n) is 5.02. The zero-order valence-electron chi connectivity index (χ0n) is 16.3. The first kappa shape index (κ1) is 22.4. The summed E-state index contributed by atoms with van der Waals surface area (Å²) in [6, 6.07) is 3.20. The summed E-state index contributed by atoms with van der Waals surface area (Å²) >= 11 is 12.4. The molecule has 0 spiro atoms. The van der Waals surface area contributed by atoms with E-state index in [1.54, 1.807) is 28.4 Å². The lowest BCUT2D eigenvalue weighted by atomic mass is 10.0. The molecule has 3 aromatic rings. The Morgan fingerprint density at radius 2 is 2.06 bits per heavy atom. The highest BCUT2D eigenvalue weighted by atomic mass is 35.5. The first-order valence-electron chi connectivity index (χ1n) is 9.54. The topological polar surface area (TPSA) is 108 Å². The number of alkyl halides is 3. The molecule has 0 saturated carbocycles. The van der Waals surface area contributed by atoms with E-state index in [0.29, 0.717) is 28.6 Å². The van der Waals surface area contributed by atoms with Gasteiger partial charge >= 0.3 is 6.18 Å². The number of halogens is 5. The molecule has 0 aliphatic carbocycles. The zero-order valence-corrected chi connectivity index (χ0v) is 17.8. The van der Waals surface area contributed by atoms with Crippen molar-refractivity contribution in [3.8, 4) is 11.1 Å². The third-order valence-corrected chi connectivity index (χ3v) is 5.82. The van der Waals surface area contributed by atoms with Crippen LogP contribution in [0.2, 0.25) is 10.0 Å². The molecule has 1 aromatic carbocycles. The summed E-state index contributed by atoms with van der Waals surface area (Å²) in [6.07, 6.45) is 0.796. The maximum Gasteiger partial charge on any atom is 0.450 e. The fourth-order valence-electron chi connectivity index (χ4n) is 3.48. The van der Waals surface area contributed by atoms with Gasteiger partial charge in [0.2, 0.25) is 5.84 Å². The Bertz CT molecular complexity index is 1180. The number of rotatable bonds is 3. The van der Waals surface area contributed by atoms with Crippen molar-refractivity contribution in [1.82, 2.24) is 25.6 Å². The predicted octanol–water partition coefficient (Wildman–Crippen LogP) is 4.81. The van der Waals surface area contributed by atoms with Gasteiger partial charge in [-0.15, -0.1) is 0 Å². The molecule has 32 heavy (non-hydrogen) atoms. The van der Waals surface area contributed by atoms with Gasteiger partial charge in [-0.1, -0.05) is 29.3 Å². The predicted molar refractivity (Wildman–Crippen MR) is 113 cm³/mol. The Balaban J connectivity index is 1.74. The van der Waals surface area contributed by atoms with E-state index in [0.717, 1.165) is 19.3 Å². The minimum absolute atomic E-state index is 0.0734. The largest absolute Gasteiger partial charge is 0.450 e. The van der Waals surface area contributed by atoms with Gasteiger partial charge in [0.1, 0.15) is 11.9 Å². The van der Waals surface area contributed by atoms with Crippen molar-refractivity contribution in [2.75, 3.05) is 6.61 Å². The second kappa shape index (κ2) is 8.64. The van der Waals surface area contributed by atoms with Gasteiger partial charge in [0.25, 0.3) is 5.91 Å². The Hall–Kier alpha value is -2.76. The maximum absolute atomic E-state index is 12.7. The summed E-state index contributed by atoms with van der Waals surface area (Å²) in [6.45, 7) is 0.617. The first-order valence-corrected chi connectivity index (χ1v) is 10.3. The monoisotopic (exact) mass is 488 g/mol. The number of nitrogens with one attached hydrogen (secondary N) is 4. The average molecular weight is 489 g/mol. The summed E-state index contributed by atoms with van der Waals surface area (Å²) in [5.41, 5.74) is 4.62. The molecule has 1 unspecified atom stereocenters. The molecule has 0 bridgehead atoms. The minimum atomic E-state index is -4.94. The number of hydrazine groups is 1. The van der Waals surface area contributed by atoms with Crippen molar-refractivity contribution in [3.63, 3.8) is 0 Å². The van der Waals surface area contributed by atoms with Crippen LogP contribution in [0.3, 0.4) is 0 Å². The van der Waals surface area contributed by atoms with Crippen molar-refractivity contribution in [2.24, 2.45) is 0 Å². The third kappa shape index (κ3) is 4.27. The van der Waals surface area contributed by atoms with Crippen LogP contribution in [0.4, 0.5) is 13.2 Å². The lowest BCUT2D eigenvalue weighted by molar-refractivity contribution is -0.0631. The van der Waals surface area contributed by atoms with Crippen molar-refractivity contribution >= 4 is 45.8 Å². The molecule has 1 amide bonds. The van der Waals surface area contributed by atoms with Crippen LogP contribution >= 0.6 is 23.2 Å². The van der Waals surface area contributed by atoms with Gasteiger partial charge in [-0.05, 0) is 25.3 Å². The number of carbonyl (C=O) groups excluding carboxylic acids is 1. The smallest absolute Gasteiger partial charge is 0.357 e. The van der Waals surface area contributed by atoms with E-state index in [4.69, 9.17) is 33.3 Å². The highest BCUT2D eigenvalue weighted by Crippen LogP contribution is 2.39. The lowest BCUT2D eigenvalue weighted by Crippen LogP contribution is -2.47. The molecule has 1 aliphatic rings. The number of aromatic nitrogens is 3. The first-order chi connectivity index (χ1) is 15.2. The van der Waals surface area contributed by atoms with Gasteiger partial charge in [0, 0.05) is 29.3 Å². The Morgan fingerprint density at radius 1 is 1.28 bits per heavy atom. The molecule has 1 saturated heterocycles. The van der Waals surface area contributed by atoms with Crippen LogP contribution in [0.5, 0.6) is 0 Å². The van der Waals surface area contributed by atoms with Gasteiger partial charge in [-0.25, -0.2) is 4.68 Å². The summed E-state index contributed by atoms with van der Waals surface area (Å²) in [7, 11) is 0. The minimum Gasteiger partial charge on any atom is -0.357 e. The van der Waals surface area contributed by atoms with E-state index in [2.05, 4.69) is 10.1 Å². The molecule has 4 rings (SSSR count). The number of fused-ring (bicyclic) bond motifs is 1. The van der Waals surface area contributed by atoms with Crippen LogP contribution in [0.25, 0.3) is 22.0 Å². The molecular weight excluding hydrogens is 472 g/mol. The van der Waals surface area contributed by atoms with Gasteiger partial charge < -0.3 is 9.72 Å². The van der Waals surface area contributed by atoms with E-state index in [-0.39, 0.29) is 22.0 Å². The Labute approximate surface area is 189 Å². The average Bonchev–Trinajstić information content (AvgIpc) is 3.39. The molecule has 8 nitrogen and oxygen atoms in total. The van der Waals surface area contributed by atoms with Crippen molar-refractivity contribution in [1.29, 1.82) is 5.41 Å². The van der Waals surface area contributed by atoms with Crippen LogP contribution in [0.15, 0.2) is 24.5 Å². The van der Waals surface area contributed by atoms with E-state index >= 15 is 0 Å². The van der Waals surface area contributed by atoms with Gasteiger partial charge in [-0.3, -0.25) is 21.1 Å². The van der Waals surface area contributed by atoms with Crippen molar-refractivity contribution in [3.05, 3.63) is 40.3 Å². The highest BCUT2D eigenvalue weighted by Gasteiger charge is 2.35. The van der Waals surface area contributed by atoms with Gasteiger partial charge in [0.15, 0.2) is 0 Å². The number of ether oxygens (including phenoxy) is 1. The molecule has 1 atom stereocenters. The number of benzene rings is 1. The van der Waals surface area contributed by atoms with Crippen LogP contribution < -0.4 is 10.9 Å². The zero-order chi connectivity index (χ0) is 23.0. The molecular formula is C19H17Cl2F3N6O2. The Kier molecular flexibility index (Phi) is 6.06. The summed E-state index contributed by atoms with van der Waals surface area (Å²) in [5, 5.41) is 12.2. The highest BCUT2D eigenvalue weighted by molar-refractivity contribution is 6.45. The van der Waals surface area contributed by atoms with Crippen LogP contribution in [0, 0.1) is 5.41 Å². The molecule has 13 heteroatoms. The van der Waals surface area contributed by atoms with Crippen molar-refractivity contribution in [2.45, 2.75) is 31.7 Å². The Morgan fingerprint density at radius 3 is 2.75 bits per heavy atom. The van der Waals surface area contributed by atoms with Gasteiger partial charge in [-0.2, -0.15) is 18.3 Å². The number of amidine groups is 1. The summed E-state index contributed by atoms with van der Waals surface area (Å²) in [5.74, 6) is -2.74. The molecule has 1 aliphatic heterocycles. The number of nitrogens with zero attached hydrogens (tertiary/aromatic N) is 2. The number of amides is 1. The fourth-order valence-corrected chi connectivity index (χ4v) is 3.85. The van der Waals surface area contributed by atoms with E-state index < -0.39 is 17.9 Å².